The predicted molar refractivity (Wildman–Crippen MR) is 64.1 cm³/mol. The molecule has 0 aliphatic rings. The van der Waals surface area contributed by atoms with Crippen LogP contribution in [-0.4, -0.2) is 34.1 Å². The van der Waals surface area contributed by atoms with Crippen molar-refractivity contribution in [3.8, 4) is 12.1 Å². The Bertz CT molecular complexity index is 431. The molecule has 0 fully saturated rings. The second kappa shape index (κ2) is 6.67. The Hall–Kier alpha value is -1.85. The van der Waals surface area contributed by atoms with Gasteiger partial charge in [0, 0.05) is 6.54 Å². The average molecular weight is 231 g/mol. The van der Waals surface area contributed by atoms with Crippen molar-refractivity contribution in [2.24, 2.45) is 0 Å². The highest BCUT2D eigenvalue weighted by molar-refractivity contribution is 5.35. The Balaban J connectivity index is 2.56. The summed E-state index contributed by atoms with van der Waals surface area (Å²) < 4.78 is 1.75. The fraction of sp³-hybridized carbons (Fsp3) is 0.583. The lowest BCUT2D eigenvalue weighted by Crippen LogP contribution is -2.24. The van der Waals surface area contributed by atoms with E-state index in [1.807, 2.05) is 12.1 Å². The fourth-order valence-corrected chi connectivity index (χ4v) is 1.76. The Kier molecular flexibility index (Phi) is 5.19. The van der Waals surface area contributed by atoms with Crippen LogP contribution in [0.25, 0.3) is 0 Å². The van der Waals surface area contributed by atoms with Gasteiger partial charge in [-0.05, 0) is 26.1 Å². The van der Waals surface area contributed by atoms with Gasteiger partial charge in [-0.15, -0.1) is 0 Å². The van der Waals surface area contributed by atoms with Gasteiger partial charge in [0.2, 0.25) is 0 Å². The van der Waals surface area contributed by atoms with Crippen LogP contribution in [0.5, 0.6) is 0 Å². The molecule has 0 aliphatic heterocycles. The van der Waals surface area contributed by atoms with Crippen LogP contribution < -0.4 is 0 Å². The van der Waals surface area contributed by atoms with Crippen molar-refractivity contribution in [3.05, 3.63) is 17.7 Å². The zero-order chi connectivity index (χ0) is 12.7. The molecule has 0 saturated carbocycles. The maximum atomic E-state index is 8.95. The van der Waals surface area contributed by atoms with Gasteiger partial charge < -0.3 is 9.47 Å². The summed E-state index contributed by atoms with van der Waals surface area (Å²) in [5, 5.41) is 17.7. The lowest BCUT2D eigenvalue weighted by Gasteiger charge is -2.17. The van der Waals surface area contributed by atoms with E-state index in [1.54, 1.807) is 10.9 Å². The first-order valence-electron chi connectivity index (χ1n) is 5.84. The van der Waals surface area contributed by atoms with E-state index < -0.39 is 0 Å². The van der Waals surface area contributed by atoms with Crippen molar-refractivity contribution < 1.29 is 0 Å². The molecule has 0 N–H and O–H groups in total. The van der Waals surface area contributed by atoms with Crippen LogP contribution in [0, 0.1) is 22.7 Å². The third-order valence-corrected chi connectivity index (χ3v) is 2.82. The first kappa shape index (κ1) is 13.2. The molecule has 0 radical (unpaired) electrons. The number of hydrogen-bond acceptors (Lipinski definition) is 4. The van der Waals surface area contributed by atoms with E-state index in [0.717, 1.165) is 32.6 Å². The van der Waals surface area contributed by atoms with Gasteiger partial charge >= 0.3 is 0 Å². The zero-order valence-corrected chi connectivity index (χ0v) is 10.3. The molecule has 0 aliphatic carbocycles. The molecule has 0 aromatic carbocycles. The number of rotatable bonds is 6. The Morgan fingerprint density at radius 2 is 2.00 bits per heavy atom. The van der Waals surface area contributed by atoms with Gasteiger partial charge in [-0.1, -0.05) is 13.8 Å². The second-order valence-electron chi connectivity index (χ2n) is 3.74. The highest BCUT2D eigenvalue weighted by atomic mass is 15.1. The molecule has 0 amide bonds. The molecule has 1 rings (SSSR count). The van der Waals surface area contributed by atoms with Crippen LogP contribution in [0.1, 0.15) is 31.7 Å². The van der Waals surface area contributed by atoms with E-state index in [-0.39, 0.29) is 5.69 Å². The summed E-state index contributed by atoms with van der Waals surface area (Å²) in [7, 11) is 0. The minimum atomic E-state index is 0.218. The van der Waals surface area contributed by atoms with E-state index in [9.17, 15) is 0 Å². The smallest absolute Gasteiger partial charge is 0.176 e. The Morgan fingerprint density at radius 3 is 2.53 bits per heavy atom. The maximum Gasteiger partial charge on any atom is 0.176 e. The standard InChI is InChI=1S/C12H17N5/c1-3-16(4-2)6-5-7-17-10-15-11(8-13)12(17)9-14/h10H,3-7H2,1-2H3. The largest absolute Gasteiger partial charge is 0.321 e. The van der Waals surface area contributed by atoms with Gasteiger partial charge in [0.05, 0.1) is 6.33 Å². The molecule has 1 aromatic rings. The van der Waals surface area contributed by atoms with E-state index in [4.69, 9.17) is 10.5 Å². The van der Waals surface area contributed by atoms with Crippen molar-refractivity contribution in [2.45, 2.75) is 26.8 Å². The summed E-state index contributed by atoms with van der Waals surface area (Å²) in [5.74, 6) is 0. The van der Waals surface area contributed by atoms with Gasteiger partial charge in [-0.3, -0.25) is 0 Å². The van der Waals surface area contributed by atoms with Crippen LogP contribution in [0.15, 0.2) is 6.33 Å². The second-order valence-corrected chi connectivity index (χ2v) is 3.74. The first-order valence-corrected chi connectivity index (χ1v) is 5.84. The maximum absolute atomic E-state index is 8.95. The van der Waals surface area contributed by atoms with Gasteiger partial charge in [0.25, 0.3) is 0 Å². The minimum Gasteiger partial charge on any atom is -0.321 e. The molecule has 5 nitrogen and oxygen atoms in total. The van der Waals surface area contributed by atoms with Crippen LogP contribution in [0.3, 0.4) is 0 Å². The Morgan fingerprint density at radius 1 is 1.29 bits per heavy atom. The first-order chi connectivity index (χ1) is 8.26. The van der Waals surface area contributed by atoms with Crippen molar-refractivity contribution >= 4 is 0 Å². The van der Waals surface area contributed by atoms with E-state index in [2.05, 4.69) is 23.7 Å². The monoisotopic (exact) mass is 231 g/mol. The zero-order valence-electron chi connectivity index (χ0n) is 10.3. The normalized spacial score (nSPS) is 10.2. The van der Waals surface area contributed by atoms with Crippen molar-refractivity contribution in [1.29, 1.82) is 10.5 Å². The van der Waals surface area contributed by atoms with Gasteiger partial charge in [-0.25, -0.2) is 4.98 Å². The van der Waals surface area contributed by atoms with Crippen molar-refractivity contribution in [3.63, 3.8) is 0 Å². The molecule has 0 atom stereocenters. The highest BCUT2D eigenvalue weighted by Gasteiger charge is 2.09. The molecule has 90 valence electrons. The molecule has 17 heavy (non-hydrogen) atoms. The van der Waals surface area contributed by atoms with Gasteiger partial charge in [-0.2, -0.15) is 10.5 Å². The van der Waals surface area contributed by atoms with Crippen LogP contribution in [-0.2, 0) is 6.54 Å². The summed E-state index contributed by atoms with van der Waals surface area (Å²) in [6.07, 6.45) is 2.52. The summed E-state index contributed by atoms with van der Waals surface area (Å²) in [6.45, 7) is 8.07. The number of nitriles is 2. The number of hydrogen-bond donors (Lipinski definition) is 0. The van der Waals surface area contributed by atoms with Crippen LogP contribution >= 0.6 is 0 Å². The molecule has 0 saturated heterocycles. The van der Waals surface area contributed by atoms with Gasteiger partial charge in [0.15, 0.2) is 11.4 Å². The minimum absolute atomic E-state index is 0.218. The molecule has 1 aromatic heterocycles. The lowest BCUT2D eigenvalue weighted by atomic mass is 10.3. The number of imidazole rings is 1. The number of aromatic nitrogens is 2. The SMILES string of the molecule is CCN(CC)CCCn1cnc(C#N)c1C#N. The average Bonchev–Trinajstić information content (AvgIpc) is 2.76. The summed E-state index contributed by atoms with van der Waals surface area (Å²) >= 11 is 0. The quantitative estimate of drug-likeness (QED) is 0.741. The van der Waals surface area contributed by atoms with E-state index >= 15 is 0 Å². The third-order valence-electron chi connectivity index (χ3n) is 2.82. The third kappa shape index (κ3) is 3.30. The summed E-state index contributed by atoms with van der Waals surface area (Å²) in [5.41, 5.74) is 0.586. The van der Waals surface area contributed by atoms with Crippen LogP contribution in [0.2, 0.25) is 0 Å². The highest BCUT2D eigenvalue weighted by Crippen LogP contribution is 2.06. The van der Waals surface area contributed by atoms with Crippen molar-refractivity contribution in [2.75, 3.05) is 19.6 Å². The van der Waals surface area contributed by atoms with Gasteiger partial charge in [0.1, 0.15) is 12.1 Å². The lowest BCUT2D eigenvalue weighted by molar-refractivity contribution is 0.293. The molecule has 0 spiro atoms. The molecule has 0 bridgehead atoms. The summed E-state index contributed by atoms with van der Waals surface area (Å²) in [4.78, 5) is 6.24. The molecular formula is C12H17N5. The molecule has 5 heteroatoms. The fourth-order valence-electron chi connectivity index (χ4n) is 1.76. The Labute approximate surface area is 102 Å². The molecule has 1 heterocycles. The van der Waals surface area contributed by atoms with E-state index in [1.165, 1.54) is 0 Å². The topological polar surface area (TPSA) is 68.6 Å². The van der Waals surface area contributed by atoms with Crippen molar-refractivity contribution in [1.82, 2.24) is 14.5 Å². The van der Waals surface area contributed by atoms with Crippen LogP contribution in [0.4, 0.5) is 0 Å². The summed E-state index contributed by atoms with van der Waals surface area (Å²) in [6, 6.07) is 3.95. The van der Waals surface area contributed by atoms with E-state index in [0.29, 0.717) is 5.69 Å². The predicted octanol–water partition coefficient (Wildman–Crippen LogP) is 1.36. The molecular weight excluding hydrogens is 214 g/mol. The number of aryl methyl sites for hydroxylation is 1. The number of nitrogens with zero attached hydrogens (tertiary/aromatic N) is 5. The molecule has 0 unspecified atom stereocenters.